The van der Waals surface area contributed by atoms with Crippen LogP contribution < -0.4 is 5.73 Å². The molecule has 0 bridgehead atoms. The van der Waals surface area contributed by atoms with Crippen LogP contribution >= 0.6 is 0 Å². The second kappa shape index (κ2) is 4.09. The highest BCUT2D eigenvalue weighted by molar-refractivity contribution is 5.92. The summed E-state index contributed by atoms with van der Waals surface area (Å²) in [6.07, 6.45) is 2.81. The van der Waals surface area contributed by atoms with Crippen molar-refractivity contribution >= 4 is 23.0 Å². The molecular formula is C10H10N4O2. The first-order chi connectivity index (χ1) is 7.70. The van der Waals surface area contributed by atoms with Crippen LogP contribution in [0.3, 0.4) is 0 Å². The summed E-state index contributed by atoms with van der Waals surface area (Å²) in [7, 11) is 0. The van der Waals surface area contributed by atoms with Crippen molar-refractivity contribution in [3.05, 3.63) is 24.0 Å². The summed E-state index contributed by atoms with van der Waals surface area (Å²) in [5.74, 6) is -0.126. The lowest BCUT2D eigenvalue weighted by Crippen LogP contribution is -2.05. The average molecular weight is 218 g/mol. The number of carbonyl (C=O) groups excluding carboxylic acids is 1. The molecule has 0 fully saturated rings. The molecule has 0 spiro atoms. The molecule has 0 aliphatic rings. The van der Waals surface area contributed by atoms with E-state index in [0.717, 1.165) is 0 Å². The number of hydrogen-bond acceptors (Lipinski definition) is 6. The Morgan fingerprint density at radius 1 is 1.44 bits per heavy atom. The second-order valence-corrected chi connectivity index (χ2v) is 3.08. The molecule has 6 nitrogen and oxygen atoms in total. The molecular weight excluding hydrogens is 208 g/mol. The van der Waals surface area contributed by atoms with Gasteiger partial charge in [-0.3, -0.25) is 0 Å². The highest BCUT2D eigenvalue weighted by Crippen LogP contribution is 2.10. The Kier molecular flexibility index (Phi) is 2.63. The topological polar surface area (TPSA) is 91.0 Å². The van der Waals surface area contributed by atoms with Crippen LogP contribution in [0.1, 0.15) is 17.3 Å². The molecule has 2 rings (SSSR count). The Balaban J connectivity index is 2.44. The monoisotopic (exact) mass is 218 g/mol. The number of carbonyl (C=O) groups is 1. The van der Waals surface area contributed by atoms with Gasteiger partial charge >= 0.3 is 5.97 Å². The normalized spacial score (nSPS) is 10.3. The largest absolute Gasteiger partial charge is 0.462 e. The lowest BCUT2D eigenvalue weighted by Gasteiger charge is -2.02. The van der Waals surface area contributed by atoms with Crippen LogP contribution in [0.4, 0.5) is 5.82 Å². The molecule has 2 aromatic rings. The smallest absolute Gasteiger partial charge is 0.339 e. The van der Waals surface area contributed by atoms with E-state index in [2.05, 4.69) is 15.0 Å². The van der Waals surface area contributed by atoms with E-state index in [-0.39, 0.29) is 0 Å². The molecule has 0 amide bonds. The lowest BCUT2D eigenvalue weighted by molar-refractivity contribution is 0.0526. The number of rotatable bonds is 2. The Labute approximate surface area is 91.5 Å². The van der Waals surface area contributed by atoms with Gasteiger partial charge in [0.1, 0.15) is 11.3 Å². The zero-order chi connectivity index (χ0) is 11.5. The molecule has 0 aromatic carbocycles. The van der Waals surface area contributed by atoms with E-state index in [0.29, 0.717) is 29.2 Å². The Morgan fingerprint density at radius 2 is 2.25 bits per heavy atom. The fourth-order valence-corrected chi connectivity index (χ4v) is 1.24. The van der Waals surface area contributed by atoms with Crippen LogP contribution in [-0.4, -0.2) is 27.5 Å². The van der Waals surface area contributed by atoms with Gasteiger partial charge in [0.2, 0.25) is 0 Å². The van der Waals surface area contributed by atoms with Gasteiger partial charge in [0.05, 0.1) is 18.4 Å². The number of nitrogens with two attached hydrogens (primary N) is 1. The van der Waals surface area contributed by atoms with Crippen LogP contribution in [0, 0.1) is 0 Å². The first-order valence-electron chi connectivity index (χ1n) is 4.76. The first kappa shape index (κ1) is 10.3. The molecule has 0 aliphatic carbocycles. The van der Waals surface area contributed by atoms with Crippen molar-refractivity contribution in [2.24, 2.45) is 0 Å². The molecule has 82 valence electrons. The highest BCUT2D eigenvalue weighted by Gasteiger charge is 2.09. The quantitative estimate of drug-likeness (QED) is 0.749. The fraction of sp³-hybridized carbons (Fsp3) is 0.200. The van der Waals surface area contributed by atoms with E-state index in [1.54, 1.807) is 13.0 Å². The van der Waals surface area contributed by atoms with Crippen LogP contribution in [0.2, 0.25) is 0 Å². The van der Waals surface area contributed by atoms with Gasteiger partial charge in [-0.2, -0.15) is 0 Å². The number of nitrogen functional groups attached to an aromatic ring is 1. The maximum Gasteiger partial charge on any atom is 0.339 e. The summed E-state index contributed by atoms with van der Waals surface area (Å²) in [6, 6.07) is 1.58. The second-order valence-electron chi connectivity index (χ2n) is 3.08. The van der Waals surface area contributed by atoms with E-state index < -0.39 is 5.97 Å². The van der Waals surface area contributed by atoms with E-state index in [1.807, 2.05) is 0 Å². The fourth-order valence-electron chi connectivity index (χ4n) is 1.24. The molecule has 0 saturated heterocycles. The number of anilines is 1. The van der Waals surface area contributed by atoms with Crippen LogP contribution in [0.15, 0.2) is 18.5 Å². The molecule has 2 aromatic heterocycles. The molecule has 2 N–H and O–H groups in total. The lowest BCUT2D eigenvalue weighted by atomic mass is 10.2. The summed E-state index contributed by atoms with van der Waals surface area (Å²) in [5, 5.41) is 0. The van der Waals surface area contributed by atoms with Crippen molar-refractivity contribution in [3.63, 3.8) is 0 Å². The minimum Gasteiger partial charge on any atom is -0.462 e. The SMILES string of the molecule is CCOC(=O)c1cnc2nc(N)cnc2c1. The van der Waals surface area contributed by atoms with Gasteiger partial charge in [-0.15, -0.1) is 0 Å². The van der Waals surface area contributed by atoms with Crippen molar-refractivity contribution in [2.75, 3.05) is 12.3 Å². The van der Waals surface area contributed by atoms with Crippen molar-refractivity contribution in [3.8, 4) is 0 Å². The molecule has 0 saturated carbocycles. The molecule has 0 radical (unpaired) electrons. The molecule has 16 heavy (non-hydrogen) atoms. The van der Waals surface area contributed by atoms with Gasteiger partial charge in [0, 0.05) is 6.20 Å². The number of esters is 1. The Hall–Kier alpha value is -2.24. The molecule has 2 heterocycles. The molecule has 6 heteroatoms. The van der Waals surface area contributed by atoms with Gasteiger partial charge in [0.25, 0.3) is 0 Å². The summed E-state index contributed by atoms with van der Waals surface area (Å²) < 4.78 is 4.85. The third-order valence-electron chi connectivity index (χ3n) is 1.93. The number of fused-ring (bicyclic) bond motifs is 1. The van der Waals surface area contributed by atoms with Crippen molar-refractivity contribution in [1.82, 2.24) is 15.0 Å². The van der Waals surface area contributed by atoms with Crippen molar-refractivity contribution in [1.29, 1.82) is 0 Å². The van der Waals surface area contributed by atoms with E-state index in [9.17, 15) is 4.79 Å². The average Bonchev–Trinajstić information content (AvgIpc) is 2.28. The first-order valence-corrected chi connectivity index (χ1v) is 4.76. The molecule has 0 atom stereocenters. The highest BCUT2D eigenvalue weighted by atomic mass is 16.5. The zero-order valence-corrected chi connectivity index (χ0v) is 8.67. The maximum atomic E-state index is 11.4. The summed E-state index contributed by atoms with van der Waals surface area (Å²) in [6.45, 7) is 2.07. The minimum atomic E-state index is -0.421. The van der Waals surface area contributed by atoms with E-state index in [1.165, 1.54) is 12.4 Å². The maximum absolute atomic E-state index is 11.4. The van der Waals surface area contributed by atoms with Crippen LogP contribution in [0.5, 0.6) is 0 Å². The predicted molar refractivity (Wildman–Crippen MR) is 57.7 cm³/mol. The van der Waals surface area contributed by atoms with Gasteiger partial charge in [-0.25, -0.2) is 19.7 Å². The molecule has 0 unspecified atom stereocenters. The minimum absolute atomic E-state index is 0.295. The zero-order valence-electron chi connectivity index (χ0n) is 8.67. The van der Waals surface area contributed by atoms with Crippen molar-refractivity contribution in [2.45, 2.75) is 6.92 Å². The van der Waals surface area contributed by atoms with Crippen LogP contribution in [0.25, 0.3) is 11.2 Å². The van der Waals surface area contributed by atoms with Gasteiger partial charge in [-0.05, 0) is 13.0 Å². The standard InChI is InChI=1S/C10H10N4O2/c1-2-16-10(15)6-3-7-9(13-4-6)14-8(11)5-12-7/h3-5H,2H2,1H3,(H2,11,13,14). The molecule has 0 aliphatic heterocycles. The Bertz CT molecular complexity index is 541. The van der Waals surface area contributed by atoms with Gasteiger partial charge < -0.3 is 10.5 Å². The summed E-state index contributed by atoms with van der Waals surface area (Å²) >= 11 is 0. The van der Waals surface area contributed by atoms with E-state index in [4.69, 9.17) is 10.5 Å². The predicted octanol–water partition coefficient (Wildman–Crippen LogP) is 0.784. The van der Waals surface area contributed by atoms with Gasteiger partial charge in [0.15, 0.2) is 5.65 Å². The Morgan fingerprint density at radius 3 is 3.00 bits per heavy atom. The number of ether oxygens (including phenoxy) is 1. The number of pyridine rings is 1. The number of aromatic nitrogens is 3. The third kappa shape index (κ3) is 1.90. The summed E-state index contributed by atoms with van der Waals surface area (Å²) in [4.78, 5) is 23.4. The van der Waals surface area contributed by atoms with Crippen molar-refractivity contribution < 1.29 is 9.53 Å². The summed E-state index contributed by atoms with van der Waals surface area (Å²) in [5.41, 5.74) is 6.74. The number of nitrogens with zero attached hydrogens (tertiary/aromatic N) is 3. The van der Waals surface area contributed by atoms with Gasteiger partial charge in [-0.1, -0.05) is 0 Å². The van der Waals surface area contributed by atoms with E-state index >= 15 is 0 Å². The number of hydrogen-bond donors (Lipinski definition) is 1. The third-order valence-corrected chi connectivity index (χ3v) is 1.93. The van der Waals surface area contributed by atoms with Crippen LogP contribution in [-0.2, 0) is 4.74 Å².